The molecule has 6 heteroatoms. The lowest BCUT2D eigenvalue weighted by Gasteiger charge is -2.13. The van der Waals surface area contributed by atoms with Crippen LogP contribution in [0.15, 0.2) is 18.3 Å². The Kier molecular flexibility index (Phi) is 2.86. The first-order valence-corrected chi connectivity index (χ1v) is 6.98. The number of hydrogen-bond acceptors (Lipinski definition) is 4. The van der Waals surface area contributed by atoms with Crippen LogP contribution >= 0.6 is 0 Å². The van der Waals surface area contributed by atoms with Gasteiger partial charge in [0.25, 0.3) is 0 Å². The molecular formula is C10H15N3O2S. The fraction of sp³-hybridized carbons (Fsp3) is 0.500. The van der Waals surface area contributed by atoms with Crippen molar-refractivity contribution in [3.05, 3.63) is 23.9 Å². The minimum absolute atomic E-state index is 0.239. The van der Waals surface area contributed by atoms with Gasteiger partial charge in [-0.15, -0.1) is 0 Å². The molecule has 88 valence electrons. The number of nitrogens with two attached hydrogens (primary N) is 1. The third kappa shape index (κ3) is 2.33. The van der Waals surface area contributed by atoms with Crippen molar-refractivity contribution >= 4 is 15.8 Å². The van der Waals surface area contributed by atoms with Gasteiger partial charge >= 0.3 is 0 Å². The molecule has 1 fully saturated rings. The summed E-state index contributed by atoms with van der Waals surface area (Å²) in [5.74, 6) is 0.726. The summed E-state index contributed by atoms with van der Waals surface area (Å²) in [6, 6.07) is 3.66. The largest absolute Gasteiger partial charge is 0.384 e. The molecule has 1 unspecified atom stereocenters. The Bertz CT molecular complexity index is 469. The molecule has 0 saturated carbocycles. The van der Waals surface area contributed by atoms with Crippen LogP contribution in [0.25, 0.3) is 0 Å². The molecular weight excluding hydrogens is 226 g/mol. The van der Waals surface area contributed by atoms with Crippen LogP contribution in [0.5, 0.6) is 0 Å². The monoisotopic (exact) mass is 241 g/mol. The number of nitrogen functional groups attached to an aromatic ring is 1. The second-order valence-corrected chi connectivity index (χ2v) is 6.11. The maximum atomic E-state index is 11.4. The van der Waals surface area contributed by atoms with Crippen molar-refractivity contribution in [2.24, 2.45) is 0 Å². The highest BCUT2D eigenvalue weighted by atomic mass is 32.2. The van der Waals surface area contributed by atoms with Crippen LogP contribution < -0.4 is 5.73 Å². The van der Waals surface area contributed by atoms with Crippen molar-refractivity contribution in [3.8, 4) is 0 Å². The summed E-state index contributed by atoms with van der Waals surface area (Å²) in [4.78, 5) is 4.02. The second-order valence-electron chi connectivity index (χ2n) is 4.12. The average molecular weight is 241 g/mol. The van der Waals surface area contributed by atoms with Gasteiger partial charge in [-0.05, 0) is 18.1 Å². The lowest BCUT2D eigenvalue weighted by molar-refractivity contribution is 0.478. The number of anilines is 1. The first kappa shape index (κ1) is 11.3. The van der Waals surface area contributed by atoms with Crippen molar-refractivity contribution in [2.75, 3.05) is 25.1 Å². The van der Waals surface area contributed by atoms with Gasteiger partial charge in [0.1, 0.15) is 5.82 Å². The van der Waals surface area contributed by atoms with E-state index in [4.69, 9.17) is 5.73 Å². The van der Waals surface area contributed by atoms with Crippen LogP contribution in [0.2, 0.25) is 0 Å². The highest BCUT2D eigenvalue weighted by Crippen LogP contribution is 2.28. The average Bonchev–Trinajstić information content (AvgIpc) is 2.67. The Morgan fingerprint density at radius 2 is 2.25 bits per heavy atom. The van der Waals surface area contributed by atoms with Crippen LogP contribution in [0.1, 0.15) is 17.9 Å². The van der Waals surface area contributed by atoms with E-state index in [1.54, 1.807) is 12.3 Å². The summed E-state index contributed by atoms with van der Waals surface area (Å²) in [6.45, 7) is 1.14. The van der Waals surface area contributed by atoms with E-state index >= 15 is 0 Å². The predicted octanol–water partition coefficient (Wildman–Crippen LogP) is 0.413. The quantitative estimate of drug-likeness (QED) is 0.813. The summed E-state index contributed by atoms with van der Waals surface area (Å²) in [5.41, 5.74) is 6.56. The highest BCUT2D eigenvalue weighted by molar-refractivity contribution is 7.88. The Hall–Kier alpha value is -1.14. The number of pyridine rings is 1. The molecule has 5 nitrogen and oxygen atoms in total. The molecule has 16 heavy (non-hydrogen) atoms. The van der Waals surface area contributed by atoms with E-state index in [0.29, 0.717) is 18.9 Å². The summed E-state index contributed by atoms with van der Waals surface area (Å²) < 4.78 is 24.2. The molecule has 0 aliphatic carbocycles. The fourth-order valence-electron chi connectivity index (χ4n) is 1.96. The molecule has 0 aromatic carbocycles. The van der Waals surface area contributed by atoms with Gasteiger partial charge < -0.3 is 5.73 Å². The van der Waals surface area contributed by atoms with Gasteiger partial charge in [0.2, 0.25) is 10.0 Å². The SMILES string of the molecule is CS(=O)(=O)N1CCC(c2ccc(N)nc2)C1. The smallest absolute Gasteiger partial charge is 0.211 e. The van der Waals surface area contributed by atoms with Gasteiger partial charge in [0.05, 0.1) is 6.26 Å². The standard InChI is InChI=1S/C10H15N3O2S/c1-16(14,15)13-5-4-9(7-13)8-2-3-10(11)12-6-8/h2-3,6,9H,4-5,7H2,1H3,(H2,11,12). The van der Waals surface area contributed by atoms with Crippen LogP contribution in [-0.2, 0) is 10.0 Å². The number of hydrogen-bond donors (Lipinski definition) is 1. The molecule has 1 aromatic rings. The molecule has 1 aliphatic heterocycles. The molecule has 1 aliphatic rings. The molecule has 0 bridgehead atoms. The van der Waals surface area contributed by atoms with Crippen LogP contribution in [-0.4, -0.2) is 37.1 Å². The van der Waals surface area contributed by atoms with Crippen LogP contribution in [0.3, 0.4) is 0 Å². The molecule has 0 radical (unpaired) electrons. The zero-order valence-corrected chi connectivity index (χ0v) is 9.94. The van der Waals surface area contributed by atoms with Crippen molar-refractivity contribution in [2.45, 2.75) is 12.3 Å². The van der Waals surface area contributed by atoms with E-state index in [-0.39, 0.29) is 5.92 Å². The second kappa shape index (κ2) is 4.03. The van der Waals surface area contributed by atoms with Crippen molar-refractivity contribution in [1.29, 1.82) is 0 Å². The Morgan fingerprint density at radius 3 is 2.75 bits per heavy atom. The molecule has 2 rings (SSSR count). The van der Waals surface area contributed by atoms with E-state index in [2.05, 4.69) is 4.98 Å². The normalized spacial score (nSPS) is 22.4. The number of sulfonamides is 1. The lowest BCUT2D eigenvalue weighted by atomic mass is 10.0. The zero-order valence-electron chi connectivity index (χ0n) is 9.13. The van der Waals surface area contributed by atoms with E-state index in [9.17, 15) is 8.42 Å². The lowest BCUT2D eigenvalue weighted by Crippen LogP contribution is -2.27. The van der Waals surface area contributed by atoms with Gasteiger partial charge in [-0.3, -0.25) is 0 Å². The van der Waals surface area contributed by atoms with E-state index in [1.165, 1.54) is 10.6 Å². The van der Waals surface area contributed by atoms with E-state index < -0.39 is 10.0 Å². The summed E-state index contributed by atoms with van der Waals surface area (Å²) in [7, 11) is -3.06. The van der Waals surface area contributed by atoms with Gasteiger partial charge in [-0.1, -0.05) is 6.07 Å². The molecule has 1 saturated heterocycles. The predicted molar refractivity (Wildman–Crippen MR) is 62.4 cm³/mol. The Labute approximate surface area is 95.3 Å². The Balaban J connectivity index is 2.12. The summed E-state index contributed by atoms with van der Waals surface area (Å²) in [5, 5.41) is 0. The van der Waals surface area contributed by atoms with Gasteiger partial charge in [0.15, 0.2) is 0 Å². The molecule has 1 aromatic heterocycles. The first-order valence-electron chi connectivity index (χ1n) is 5.13. The maximum absolute atomic E-state index is 11.4. The minimum Gasteiger partial charge on any atom is -0.384 e. The maximum Gasteiger partial charge on any atom is 0.211 e. The fourth-order valence-corrected chi connectivity index (χ4v) is 2.85. The number of nitrogens with zero attached hydrogens (tertiary/aromatic N) is 2. The molecule has 2 heterocycles. The van der Waals surface area contributed by atoms with Crippen molar-refractivity contribution in [3.63, 3.8) is 0 Å². The van der Waals surface area contributed by atoms with Gasteiger partial charge in [-0.2, -0.15) is 0 Å². The van der Waals surface area contributed by atoms with E-state index in [1.807, 2.05) is 6.07 Å². The molecule has 2 N–H and O–H groups in total. The molecule has 1 atom stereocenters. The number of rotatable bonds is 2. The third-order valence-electron chi connectivity index (χ3n) is 2.90. The first-order chi connectivity index (χ1) is 7.47. The van der Waals surface area contributed by atoms with Crippen LogP contribution in [0.4, 0.5) is 5.82 Å². The molecule has 0 amide bonds. The highest BCUT2D eigenvalue weighted by Gasteiger charge is 2.29. The minimum atomic E-state index is -3.06. The summed E-state index contributed by atoms with van der Waals surface area (Å²) >= 11 is 0. The van der Waals surface area contributed by atoms with E-state index in [0.717, 1.165) is 12.0 Å². The van der Waals surface area contributed by atoms with Gasteiger partial charge in [0, 0.05) is 25.2 Å². The summed E-state index contributed by atoms with van der Waals surface area (Å²) in [6.07, 6.45) is 3.82. The van der Waals surface area contributed by atoms with Crippen molar-refractivity contribution in [1.82, 2.24) is 9.29 Å². The third-order valence-corrected chi connectivity index (χ3v) is 4.17. The van der Waals surface area contributed by atoms with Gasteiger partial charge in [-0.25, -0.2) is 17.7 Å². The Morgan fingerprint density at radius 1 is 1.50 bits per heavy atom. The zero-order chi connectivity index (χ0) is 11.8. The van der Waals surface area contributed by atoms with Crippen molar-refractivity contribution < 1.29 is 8.42 Å². The molecule has 0 spiro atoms. The topological polar surface area (TPSA) is 76.3 Å². The van der Waals surface area contributed by atoms with Crippen LogP contribution in [0, 0.1) is 0 Å². The number of aromatic nitrogens is 1.